The average molecular weight is 185 g/mol. The molecule has 0 aromatic rings. The Morgan fingerprint density at radius 3 is 2.20 bits per heavy atom. The van der Waals surface area contributed by atoms with Gasteiger partial charge in [-0.2, -0.15) is 6.08 Å². The Kier molecular flexibility index (Phi) is 3.85. The normalized spacial score (nSPS) is 16.5. The van der Waals surface area contributed by atoms with Crippen molar-refractivity contribution in [3.8, 4) is 0 Å². The van der Waals surface area contributed by atoms with Crippen molar-refractivity contribution < 1.29 is 21.7 Å². The molecule has 0 nitrogen and oxygen atoms in total. The summed E-state index contributed by atoms with van der Waals surface area (Å²) in [6, 6.07) is 0. The summed E-state index contributed by atoms with van der Waals surface area (Å²) in [5.41, 5.74) is 0. The van der Waals surface area contributed by atoms with Crippen LogP contribution in [0, 0.1) is 6.08 Å². The molecular formula is C8H13SiTi-. The van der Waals surface area contributed by atoms with E-state index in [1.165, 1.54) is 5.20 Å². The monoisotopic (exact) mass is 185 g/mol. The minimum absolute atomic E-state index is 0. The smallest absolute Gasteiger partial charge is 0.0393 e. The van der Waals surface area contributed by atoms with Crippen LogP contribution in [0.3, 0.4) is 0 Å². The van der Waals surface area contributed by atoms with Crippen LogP contribution in [0.5, 0.6) is 0 Å². The van der Waals surface area contributed by atoms with E-state index >= 15 is 0 Å². The van der Waals surface area contributed by atoms with Gasteiger partial charge in [-0.1, -0.05) is 19.6 Å². The zero-order valence-electron chi connectivity index (χ0n) is 6.86. The molecule has 54 valence electrons. The van der Waals surface area contributed by atoms with Crippen molar-refractivity contribution >= 4 is 8.07 Å². The molecule has 0 spiro atoms. The van der Waals surface area contributed by atoms with Crippen LogP contribution >= 0.6 is 0 Å². The minimum Gasteiger partial charge on any atom is -0.274 e. The van der Waals surface area contributed by atoms with E-state index in [9.17, 15) is 0 Å². The van der Waals surface area contributed by atoms with E-state index in [-0.39, 0.29) is 21.7 Å². The molecule has 0 fully saturated rings. The van der Waals surface area contributed by atoms with E-state index < -0.39 is 8.07 Å². The van der Waals surface area contributed by atoms with Gasteiger partial charge in [-0.05, 0) is 0 Å². The first kappa shape index (κ1) is 10.4. The summed E-state index contributed by atoms with van der Waals surface area (Å²) >= 11 is 0. The second-order valence-electron chi connectivity index (χ2n) is 3.45. The van der Waals surface area contributed by atoms with Gasteiger partial charge in [-0.15, -0.1) is 6.42 Å². The van der Waals surface area contributed by atoms with Crippen molar-refractivity contribution in [2.45, 2.75) is 26.1 Å². The van der Waals surface area contributed by atoms with E-state index in [0.29, 0.717) is 0 Å². The fraction of sp³-hybridized carbons (Fsp3) is 0.500. The van der Waals surface area contributed by atoms with E-state index in [0.717, 1.165) is 6.42 Å². The summed E-state index contributed by atoms with van der Waals surface area (Å²) < 4.78 is 0. The molecule has 1 rings (SSSR count). The molecular weight excluding hydrogens is 172 g/mol. The molecule has 0 unspecified atom stereocenters. The first-order valence-corrected chi connectivity index (χ1v) is 6.88. The van der Waals surface area contributed by atoms with Crippen LogP contribution in [0.25, 0.3) is 0 Å². The van der Waals surface area contributed by atoms with Gasteiger partial charge in [0.05, 0.1) is 0 Å². The van der Waals surface area contributed by atoms with Gasteiger partial charge in [0.2, 0.25) is 0 Å². The topological polar surface area (TPSA) is 0 Å². The number of rotatable bonds is 1. The second kappa shape index (κ2) is 3.70. The third-order valence-electron chi connectivity index (χ3n) is 1.50. The van der Waals surface area contributed by atoms with Crippen molar-refractivity contribution in [3.05, 3.63) is 23.4 Å². The first-order valence-electron chi connectivity index (χ1n) is 3.38. The summed E-state index contributed by atoms with van der Waals surface area (Å²) in [7, 11) is -1.01. The van der Waals surface area contributed by atoms with Crippen molar-refractivity contribution in [3.63, 3.8) is 0 Å². The van der Waals surface area contributed by atoms with Crippen molar-refractivity contribution in [1.29, 1.82) is 0 Å². The van der Waals surface area contributed by atoms with Crippen molar-refractivity contribution in [2.24, 2.45) is 0 Å². The summed E-state index contributed by atoms with van der Waals surface area (Å²) in [5, 5.41) is 1.49. The molecule has 0 radical (unpaired) electrons. The van der Waals surface area contributed by atoms with E-state index in [1.54, 1.807) is 0 Å². The summed E-state index contributed by atoms with van der Waals surface area (Å²) in [6.45, 7) is 7.06. The van der Waals surface area contributed by atoms with Gasteiger partial charge in [0.25, 0.3) is 0 Å². The summed E-state index contributed by atoms with van der Waals surface area (Å²) in [6.07, 6.45) is 8.82. The van der Waals surface area contributed by atoms with Crippen molar-refractivity contribution in [1.82, 2.24) is 0 Å². The predicted molar refractivity (Wildman–Crippen MR) is 43.9 cm³/mol. The summed E-state index contributed by atoms with van der Waals surface area (Å²) in [4.78, 5) is 0. The van der Waals surface area contributed by atoms with Crippen molar-refractivity contribution in [2.75, 3.05) is 0 Å². The van der Waals surface area contributed by atoms with Gasteiger partial charge >= 0.3 is 0 Å². The maximum absolute atomic E-state index is 3.36. The fourth-order valence-corrected chi connectivity index (χ4v) is 2.17. The predicted octanol–water partition coefficient (Wildman–Crippen LogP) is 2.55. The molecule has 1 aliphatic rings. The zero-order chi connectivity index (χ0) is 6.91. The Bertz CT molecular complexity index is 163. The Morgan fingerprint density at radius 1 is 1.40 bits per heavy atom. The van der Waals surface area contributed by atoms with Gasteiger partial charge in [-0.3, -0.25) is 6.08 Å². The van der Waals surface area contributed by atoms with Crippen LogP contribution in [0.2, 0.25) is 19.6 Å². The van der Waals surface area contributed by atoms with Crippen LogP contribution in [0.15, 0.2) is 17.3 Å². The fourth-order valence-electron chi connectivity index (χ4n) is 0.920. The van der Waals surface area contributed by atoms with E-state index in [4.69, 9.17) is 0 Å². The van der Waals surface area contributed by atoms with Gasteiger partial charge < -0.3 is 0 Å². The standard InChI is InChI=1S/C8H13Si.Ti/c1-9(2,3)8-6-4-5-7-8;/h4,6H,5H2,1-3H3;/q-1;. The maximum Gasteiger partial charge on any atom is 0.0393 e. The largest absolute Gasteiger partial charge is 0.274 e. The zero-order valence-corrected chi connectivity index (χ0v) is 9.42. The van der Waals surface area contributed by atoms with E-state index in [2.05, 4.69) is 37.9 Å². The third kappa shape index (κ3) is 2.57. The molecule has 0 saturated carbocycles. The molecule has 0 atom stereocenters. The number of hydrogen-bond donors (Lipinski definition) is 0. The average Bonchev–Trinajstić information content (AvgIpc) is 2.08. The van der Waals surface area contributed by atoms with Gasteiger partial charge in [0.1, 0.15) is 0 Å². The molecule has 1 aliphatic carbocycles. The quantitative estimate of drug-likeness (QED) is 0.435. The molecule has 0 aromatic carbocycles. The van der Waals surface area contributed by atoms with Crippen LogP contribution in [0.1, 0.15) is 6.42 Å². The number of hydrogen-bond acceptors (Lipinski definition) is 0. The molecule has 10 heavy (non-hydrogen) atoms. The van der Waals surface area contributed by atoms with Crippen LogP contribution < -0.4 is 0 Å². The Hall–Kier alpha value is 0.411. The van der Waals surface area contributed by atoms with Gasteiger partial charge in [0, 0.05) is 29.8 Å². The molecule has 0 N–H and O–H groups in total. The Balaban J connectivity index is 0.000000810. The second-order valence-corrected chi connectivity index (χ2v) is 8.49. The number of allylic oxidation sites excluding steroid dienone is 4. The van der Waals surface area contributed by atoms with Crippen LogP contribution in [-0.4, -0.2) is 8.07 Å². The van der Waals surface area contributed by atoms with Crippen LogP contribution in [-0.2, 0) is 21.7 Å². The third-order valence-corrected chi connectivity index (χ3v) is 3.46. The van der Waals surface area contributed by atoms with Gasteiger partial charge in [-0.25, -0.2) is 11.3 Å². The molecule has 0 heterocycles. The van der Waals surface area contributed by atoms with Crippen LogP contribution in [0.4, 0.5) is 0 Å². The molecule has 0 aromatic heterocycles. The first-order chi connectivity index (χ1) is 4.11. The molecule has 0 amide bonds. The molecule has 2 heteroatoms. The Morgan fingerprint density at radius 2 is 2.00 bits per heavy atom. The summed E-state index contributed by atoms with van der Waals surface area (Å²) in [5.74, 6) is 0. The molecule has 0 saturated heterocycles. The maximum atomic E-state index is 3.36. The van der Waals surface area contributed by atoms with E-state index in [1.807, 2.05) is 0 Å². The molecule has 0 bridgehead atoms. The SMILES string of the molecule is C[Si](C)(C)C1=[C-]CC=C1.[Ti]. The Labute approximate surface area is 79.3 Å². The minimum atomic E-state index is -1.01. The molecule has 0 aliphatic heterocycles. The van der Waals surface area contributed by atoms with Gasteiger partial charge in [0.15, 0.2) is 0 Å².